The van der Waals surface area contributed by atoms with Crippen LogP contribution in [0.1, 0.15) is 19.9 Å². The molecule has 0 unspecified atom stereocenters. The van der Waals surface area contributed by atoms with Crippen LogP contribution < -0.4 is 11.3 Å². The van der Waals surface area contributed by atoms with Crippen LogP contribution in [-0.4, -0.2) is 19.7 Å². The molecule has 0 saturated carbocycles. The second-order valence-electron chi connectivity index (χ2n) is 5.56. The van der Waals surface area contributed by atoms with Crippen molar-refractivity contribution in [3.05, 3.63) is 58.0 Å². The van der Waals surface area contributed by atoms with Crippen molar-refractivity contribution >= 4 is 17.5 Å². The minimum Gasteiger partial charge on any atom is -0.368 e. The van der Waals surface area contributed by atoms with Crippen molar-refractivity contribution in [2.45, 2.75) is 19.9 Å². The lowest BCUT2D eigenvalue weighted by molar-refractivity contribution is 0.505. The molecule has 6 nitrogen and oxygen atoms in total. The van der Waals surface area contributed by atoms with Crippen molar-refractivity contribution in [3.8, 4) is 22.5 Å². The third-order valence-corrected chi connectivity index (χ3v) is 3.77. The van der Waals surface area contributed by atoms with Crippen molar-refractivity contribution in [1.82, 2.24) is 19.7 Å². The summed E-state index contributed by atoms with van der Waals surface area (Å²) in [5, 5.41) is 4.61. The molecule has 2 aromatic heterocycles. The largest absolute Gasteiger partial charge is 0.368 e. The molecular weight excluding hydrogens is 326 g/mol. The first-order chi connectivity index (χ1) is 11.5. The molecule has 0 aliphatic rings. The SMILES string of the molecule is CC(C)n1nc(-c2c(Cl)nc(N)nc2-c2ccccc2)ccc1=O. The van der Waals surface area contributed by atoms with Crippen LogP contribution in [0.5, 0.6) is 0 Å². The van der Waals surface area contributed by atoms with E-state index >= 15 is 0 Å². The number of halogens is 1. The molecule has 122 valence electrons. The van der Waals surface area contributed by atoms with Crippen LogP contribution in [0, 0.1) is 0 Å². The summed E-state index contributed by atoms with van der Waals surface area (Å²) < 4.78 is 1.40. The quantitative estimate of drug-likeness (QED) is 0.739. The van der Waals surface area contributed by atoms with Crippen molar-refractivity contribution in [3.63, 3.8) is 0 Å². The van der Waals surface area contributed by atoms with E-state index in [1.54, 1.807) is 6.07 Å². The molecule has 1 aromatic carbocycles. The molecule has 0 saturated heterocycles. The number of hydrogen-bond acceptors (Lipinski definition) is 5. The van der Waals surface area contributed by atoms with Gasteiger partial charge < -0.3 is 5.73 Å². The van der Waals surface area contributed by atoms with Gasteiger partial charge in [0.15, 0.2) is 0 Å². The molecule has 7 heteroatoms. The Balaban J connectivity index is 2.29. The molecule has 0 spiro atoms. The lowest BCUT2D eigenvalue weighted by Gasteiger charge is -2.13. The molecule has 0 aliphatic heterocycles. The highest BCUT2D eigenvalue weighted by Crippen LogP contribution is 2.34. The zero-order chi connectivity index (χ0) is 17.3. The predicted molar refractivity (Wildman–Crippen MR) is 94.8 cm³/mol. The van der Waals surface area contributed by atoms with Gasteiger partial charge in [-0.3, -0.25) is 4.79 Å². The molecule has 2 N–H and O–H groups in total. The number of hydrogen-bond donors (Lipinski definition) is 1. The maximum absolute atomic E-state index is 12.0. The van der Waals surface area contributed by atoms with Gasteiger partial charge in [0.05, 0.1) is 23.0 Å². The second kappa shape index (κ2) is 6.41. The van der Waals surface area contributed by atoms with Gasteiger partial charge in [0.25, 0.3) is 5.56 Å². The van der Waals surface area contributed by atoms with E-state index in [1.807, 2.05) is 44.2 Å². The summed E-state index contributed by atoms with van der Waals surface area (Å²) in [5.74, 6) is 0.0831. The summed E-state index contributed by atoms with van der Waals surface area (Å²) >= 11 is 6.33. The highest BCUT2D eigenvalue weighted by molar-refractivity contribution is 6.32. The maximum Gasteiger partial charge on any atom is 0.267 e. The summed E-state index contributed by atoms with van der Waals surface area (Å²) in [6.45, 7) is 3.77. The lowest BCUT2D eigenvalue weighted by Crippen LogP contribution is -2.24. The fourth-order valence-electron chi connectivity index (χ4n) is 2.41. The van der Waals surface area contributed by atoms with Gasteiger partial charge in [-0.05, 0) is 19.9 Å². The van der Waals surface area contributed by atoms with Gasteiger partial charge in [0, 0.05) is 11.6 Å². The van der Waals surface area contributed by atoms with Crippen molar-refractivity contribution < 1.29 is 0 Å². The van der Waals surface area contributed by atoms with Gasteiger partial charge >= 0.3 is 0 Å². The molecule has 0 bridgehead atoms. The van der Waals surface area contributed by atoms with Gasteiger partial charge in [0.2, 0.25) is 5.95 Å². The standard InChI is InChI=1S/C17H16ClN5O/c1-10(2)23-13(24)9-8-12(22-23)14-15(11-6-4-3-5-7-11)20-17(19)21-16(14)18/h3-10H,1-2H3,(H2,19,20,21). The van der Waals surface area contributed by atoms with Crippen LogP contribution in [0.3, 0.4) is 0 Å². The summed E-state index contributed by atoms with van der Waals surface area (Å²) in [7, 11) is 0. The van der Waals surface area contributed by atoms with Crippen LogP contribution in [0.15, 0.2) is 47.3 Å². The number of benzene rings is 1. The molecule has 24 heavy (non-hydrogen) atoms. The van der Waals surface area contributed by atoms with Gasteiger partial charge in [-0.15, -0.1) is 0 Å². The van der Waals surface area contributed by atoms with Gasteiger partial charge in [-0.1, -0.05) is 41.9 Å². The van der Waals surface area contributed by atoms with Crippen LogP contribution in [0.25, 0.3) is 22.5 Å². The molecule has 3 rings (SSSR count). The zero-order valence-electron chi connectivity index (χ0n) is 13.3. The van der Waals surface area contributed by atoms with E-state index in [2.05, 4.69) is 15.1 Å². The summed E-state index contributed by atoms with van der Waals surface area (Å²) in [6, 6.07) is 12.5. The Labute approximate surface area is 144 Å². The van der Waals surface area contributed by atoms with Crippen molar-refractivity contribution in [2.24, 2.45) is 0 Å². The number of aromatic nitrogens is 4. The zero-order valence-corrected chi connectivity index (χ0v) is 14.0. The number of nitrogen functional groups attached to an aromatic ring is 1. The Hall–Kier alpha value is -2.73. The highest BCUT2D eigenvalue weighted by atomic mass is 35.5. The van der Waals surface area contributed by atoms with Crippen molar-refractivity contribution in [1.29, 1.82) is 0 Å². The monoisotopic (exact) mass is 341 g/mol. The number of nitrogens with two attached hydrogens (primary N) is 1. The molecule has 0 aliphatic carbocycles. The summed E-state index contributed by atoms with van der Waals surface area (Å²) in [6.07, 6.45) is 0. The van der Waals surface area contributed by atoms with Crippen LogP contribution in [0.2, 0.25) is 5.15 Å². The lowest BCUT2D eigenvalue weighted by atomic mass is 10.0. The third kappa shape index (κ3) is 3.00. The minimum absolute atomic E-state index is 0.0777. The van der Waals surface area contributed by atoms with E-state index in [-0.39, 0.29) is 22.7 Å². The average molecular weight is 342 g/mol. The predicted octanol–water partition coefficient (Wildman–Crippen LogP) is 3.18. The van der Waals surface area contributed by atoms with Crippen LogP contribution in [-0.2, 0) is 0 Å². The molecule has 2 heterocycles. The molecule has 3 aromatic rings. The summed E-state index contributed by atoms with van der Waals surface area (Å²) in [4.78, 5) is 20.3. The first kappa shape index (κ1) is 16.1. The number of rotatable bonds is 3. The Morgan fingerprint density at radius 2 is 1.79 bits per heavy atom. The first-order valence-electron chi connectivity index (χ1n) is 7.46. The maximum atomic E-state index is 12.0. The van der Waals surface area contributed by atoms with Crippen LogP contribution in [0.4, 0.5) is 5.95 Å². The number of nitrogens with zero attached hydrogens (tertiary/aromatic N) is 4. The van der Waals surface area contributed by atoms with E-state index in [1.165, 1.54) is 10.7 Å². The van der Waals surface area contributed by atoms with Crippen LogP contribution >= 0.6 is 11.6 Å². The molecule has 0 radical (unpaired) electrons. The van der Waals surface area contributed by atoms with E-state index in [9.17, 15) is 4.79 Å². The highest BCUT2D eigenvalue weighted by Gasteiger charge is 2.18. The van der Waals surface area contributed by atoms with E-state index in [0.29, 0.717) is 17.0 Å². The molecule has 0 atom stereocenters. The number of anilines is 1. The molecule has 0 amide bonds. The fourth-order valence-corrected chi connectivity index (χ4v) is 2.68. The fraction of sp³-hybridized carbons (Fsp3) is 0.176. The van der Waals surface area contributed by atoms with E-state index in [4.69, 9.17) is 17.3 Å². The Kier molecular flexibility index (Phi) is 4.31. The van der Waals surface area contributed by atoms with Gasteiger partial charge in [0.1, 0.15) is 5.15 Å². The minimum atomic E-state index is -0.178. The second-order valence-corrected chi connectivity index (χ2v) is 5.92. The Bertz CT molecular complexity index is 937. The van der Waals surface area contributed by atoms with Gasteiger partial charge in [-0.25, -0.2) is 14.6 Å². The van der Waals surface area contributed by atoms with E-state index in [0.717, 1.165) is 5.56 Å². The molecule has 0 fully saturated rings. The van der Waals surface area contributed by atoms with Gasteiger partial charge in [-0.2, -0.15) is 5.10 Å². The van der Waals surface area contributed by atoms with E-state index < -0.39 is 0 Å². The summed E-state index contributed by atoms with van der Waals surface area (Å²) in [5.41, 5.74) is 8.07. The van der Waals surface area contributed by atoms with Crippen molar-refractivity contribution in [2.75, 3.05) is 5.73 Å². The Morgan fingerprint density at radius 3 is 2.46 bits per heavy atom. The molecular formula is C17H16ClN5O. The Morgan fingerprint density at radius 1 is 1.08 bits per heavy atom. The normalized spacial score (nSPS) is 11.0. The third-order valence-electron chi connectivity index (χ3n) is 3.50. The smallest absolute Gasteiger partial charge is 0.267 e. The average Bonchev–Trinajstić information content (AvgIpc) is 2.55. The topological polar surface area (TPSA) is 86.7 Å². The first-order valence-corrected chi connectivity index (χ1v) is 7.84.